The van der Waals surface area contributed by atoms with E-state index in [0.29, 0.717) is 0 Å². The molecule has 0 radical (unpaired) electrons. The molecule has 0 aromatic heterocycles. The highest BCUT2D eigenvalue weighted by atomic mass is 14.8. The van der Waals surface area contributed by atoms with Crippen LogP contribution in [0.1, 0.15) is 45.1 Å². The van der Waals surface area contributed by atoms with Crippen molar-refractivity contribution in [1.29, 1.82) is 0 Å². The average Bonchev–Trinajstić information content (AvgIpc) is 2.29. The fourth-order valence-corrected chi connectivity index (χ4v) is 1.81. The first-order valence-corrected chi connectivity index (χ1v) is 6.53. The van der Waals surface area contributed by atoms with Crippen LogP contribution in [0.4, 0.5) is 0 Å². The zero-order valence-electron chi connectivity index (χ0n) is 10.7. The summed E-state index contributed by atoms with van der Waals surface area (Å²) in [7, 11) is 0. The third-order valence-corrected chi connectivity index (χ3v) is 2.81. The van der Waals surface area contributed by atoms with Crippen molar-refractivity contribution in [2.24, 2.45) is 5.92 Å². The molecule has 0 unspecified atom stereocenters. The lowest BCUT2D eigenvalue weighted by molar-refractivity contribution is 0.516. The van der Waals surface area contributed by atoms with Crippen molar-refractivity contribution in [2.45, 2.75) is 46.1 Å². The van der Waals surface area contributed by atoms with Gasteiger partial charge in [0.1, 0.15) is 0 Å². The van der Waals surface area contributed by atoms with Crippen molar-refractivity contribution >= 4 is 0 Å². The molecule has 1 N–H and O–H groups in total. The fourth-order valence-electron chi connectivity index (χ4n) is 1.81. The Morgan fingerprint density at radius 2 is 1.75 bits per heavy atom. The van der Waals surface area contributed by atoms with Crippen LogP contribution in [0.15, 0.2) is 30.3 Å². The molecule has 1 aromatic carbocycles. The maximum absolute atomic E-state index is 3.49. The van der Waals surface area contributed by atoms with Crippen LogP contribution in [0, 0.1) is 5.92 Å². The highest BCUT2D eigenvalue weighted by Gasteiger charge is 1.94. The second kappa shape index (κ2) is 8.35. The number of rotatable bonds is 8. The molecule has 16 heavy (non-hydrogen) atoms. The van der Waals surface area contributed by atoms with Crippen LogP contribution in [0.25, 0.3) is 0 Å². The van der Waals surface area contributed by atoms with Crippen LogP contribution in [-0.4, -0.2) is 6.54 Å². The van der Waals surface area contributed by atoms with Gasteiger partial charge in [0.2, 0.25) is 0 Å². The highest BCUT2D eigenvalue weighted by molar-refractivity contribution is 5.14. The summed E-state index contributed by atoms with van der Waals surface area (Å²) in [5.41, 5.74) is 1.38. The lowest BCUT2D eigenvalue weighted by Gasteiger charge is -2.06. The largest absolute Gasteiger partial charge is 0.313 e. The molecule has 0 fully saturated rings. The molecule has 1 aromatic rings. The van der Waals surface area contributed by atoms with E-state index < -0.39 is 0 Å². The van der Waals surface area contributed by atoms with Crippen molar-refractivity contribution in [3.63, 3.8) is 0 Å². The Kier molecular flexibility index (Phi) is 6.91. The summed E-state index contributed by atoms with van der Waals surface area (Å²) in [6.07, 6.45) is 5.42. The number of hydrogen-bond acceptors (Lipinski definition) is 1. The van der Waals surface area contributed by atoms with Gasteiger partial charge in [0.05, 0.1) is 0 Å². The predicted molar refractivity (Wildman–Crippen MR) is 71.5 cm³/mol. The Labute approximate surface area is 100 Å². The van der Waals surface area contributed by atoms with E-state index >= 15 is 0 Å². The molecule has 0 heterocycles. The van der Waals surface area contributed by atoms with Crippen molar-refractivity contribution < 1.29 is 0 Å². The normalized spacial score (nSPS) is 10.9. The zero-order valence-corrected chi connectivity index (χ0v) is 10.7. The van der Waals surface area contributed by atoms with Gasteiger partial charge in [0.15, 0.2) is 0 Å². The van der Waals surface area contributed by atoms with E-state index in [2.05, 4.69) is 49.5 Å². The van der Waals surface area contributed by atoms with E-state index in [1.165, 1.54) is 31.2 Å². The summed E-state index contributed by atoms with van der Waals surface area (Å²) in [4.78, 5) is 0. The van der Waals surface area contributed by atoms with Crippen LogP contribution < -0.4 is 5.32 Å². The summed E-state index contributed by atoms with van der Waals surface area (Å²) >= 11 is 0. The molecule has 0 bridgehead atoms. The van der Waals surface area contributed by atoms with E-state index in [1.807, 2.05) is 0 Å². The second-order valence-electron chi connectivity index (χ2n) is 4.91. The molecule has 1 heteroatoms. The number of unbranched alkanes of at least 4 members (excludes halogenated alkanes) is 2. The molecule has 1 rings (SSSR count). The van der Waals surface area contributed by atoms with Crippen LogP contribution >= 0.6 is 0 Å². The molecule has 1 nitrogen and oxygen atoms in total. The third-order valence-electron chi connectivity index (χ3n) is 2.81. The van der Waals surface area contributed by atoms with Gasteiger partial charge < -0.3 is 5.32 Å². The molecule has 0 spiro atoms. The Morgan fingerprint density at radius 3 is 2.44 bits per heavy atom. The molecular formula is C15H25N. The first kappa shape index (κ1) is 13.2. The van der Waals surface area contributed by atoms with Crippen LogP contribution in [0.3, 0.4) is 0 Å². The Bertz CT molecular complexity index is 253. The average molecular weight is 219 g/mol. The maximum Gasteiger partial charge on any atom is 0.0205 e. The monoisotopic (exact) mass is 219 g/mol. The van der Waals surface area contributed by atoms with E-state index in [1.54, 1.807) is 0 Å². The summed E-state index contributed by atoms with van der Waals surface area (Å²) in [6, 6.07) is 10.6. The standard InChI is InChI=1S/C15H25N/c1-14(2)9-5-4-8-12-16-13-15-10-6-3-7-11-15/h3,6-7,10-11,14,16H,4-5,8-9,12-13H2,1-2H3. The summed E-state index contributed by atoms with van der Waals surface area (Å²) in [5, 5.41) is 3.49. The summed E-state index contributed by atoms with van der Waals surface area (Å²) < 4.78 is 0. The van der Waals surface area contributed by atoms with E-state index in [0.717, 1.165) is 19.0 Å². The second-order valence-corrected chi connectivity index (χ2v) is 4.91. The van der Waals surface area contributed by atoms with Gasteiger partial charge in [0, 0.05) is 6.54 Å². The first-order valence-electron chi connectivity index (χ1n) is 6.53. The third kappa shape index (κ3) is 6.62. The van der Waals surface area contributed by atoms with Gasteiger partial charge in [-0.15, -0.1) is 0 Å². The molecule has 0 saturated heterocycles. The molecule has 0 aliphatic rings. The van der Waals surface area contributed by atoms with Gasteiger partial charge in [-0.25, -0.2) is 0 Å². The minimum absolute atomic E-state index is 0.859. The van der Waals surface area contributed by atoms with Gasteiger partial charge in [-0.1, -0.05) is 63.4 Å². The van der Waals surface area contributed by atoms with E-state index in [9.17, 15) is 0 Å². The minimum atomic E-state index is 0.859. The van der Waals surface area contributed by atoms with Gasteiger partial charge in [-0.2, -0.15) is 0 Å². The molecular weight excluding hydrogens is 194 g/mol. The number of benzene rings is 1. The SMILES string of the molecule is CC(C)CCCCCNCc1ccccc1. The van der Waals surface area contributed by atoms with E-state index in [4.69, 9.17) is 0 Å². The lowest BCUT2D eigenvalue weighted by atomic mass is 10.1. The smallest absolute Gasteiger partial charge is 0.0205 e. The quantitative estimate of drug-likeness (QED) is 0.652. The topological polar surface area (TPSA) is 12.0 Å². The predicted octanol–water partition coefficient (Wildman–Crippen LogP) is 3.99. The van der Waals surface area contributed by atoms with Crippen LogP contribution in [0.2, 0.25) is 0 Å². The lowest BCUT2D eigenvalue weighted by Crippen LogP contribution is -2.14. The first-order chi connectivity index (χ1) is 7.79. The molecule has 0 saturated carbocycles. The minimum Gasteiger partial charge on any atom is -0.313 e. The fraction of sp³-hybridized carbons (Fsp3) is 0.600. The number of nitrogens with one attached hydrogen (secondary N) is 1. The van der Waals surface area contributed by atoms with E-state index in [-0.39, 0.29) is 0 Å². The number of hydrogen-bond donors (Lipinski definition) is 1. The van der Waals surface area contributed by atoms with Gasteiger partial charge in [-0.05, 0) is 24.4 Å². The molecule has 0 aliphatic carbocycles. The van der Waals surface area contributed by atoms with Gasteiger partial charge >= 0.3 is 0 Å². The Morgan fingerprint density at radius 1 is 1.00 bits per heavy atom. The van der Waals surface area contributed by atoms with Gasteiger partial charge in [0.25, 0.3) is 0 Å². The van der Waals surface area contributed by atoms with Crippen molar-refractivity contribution in [3.8, 4) is 0 Å². The molecule has 0 amide bonds. The maximum atomic E-state index is 3.49. The van der Waals surface area contributed by atoms with Crippen LogP contribution in [0.5, 0.6) is 0 Å². The summed E-state index contributed by atoms with van der Waals surface area (Å²) in [6.45, 7) is 6.75. The van der Waals surface area contributed by atoms with Gasteiger partial charge in [-0.3, -0.25) is 0 Å². The van der Waals surface area contributed by atoms with Crippen molar-refractivity contribution in [3.05, 3.63) is 35.9 Å². The summed E-state index contributed by atoms with van der Waals surface area (Å²) in [5.74, 6) is 0.859. The molecule has 90 valence electrons. The Balaban J connectivity index is 1.93. The molecule has 0 aliphatic heterocycles. The highest BCUT2D eigenvalue weighted by Crippen LogP contribution is 2.07. The van der Waals surface area contributed by atoms with Crippen molar-refractivity contribution in [2.75, 3.05) is 6.54 Å². The van der Waals surface area contributed by atoms with Crippen molar-refractivity contribution in [1.82, 2.24) is 5.32 Å². The Hall–Kier alpha value is -0.820. The van der Waals surface area contributed by atoms with Crippen LogP contribution in [-0.2, 0) is 6.54 Å². The zero-order chi connectivity index (χ0) is 11.6. The molecule has 0 atom stereocenters.